The van der Waals surface area contributed by atoms with Crippen molar-refractivity contribution in [2.24, 2.45) is 5.73 Å². The van der Waals surface area contributed by atoms with E-state index in [9.17, 15) is 4.79 Å². The first-order chi connectivity index (χ1) is 13.2. The van der Waals surface area contributed by atoms with Gasteiger partial charge in [0.2, 0.25) is 5.91 Å². The molecule has 0 spiro atoms. The minimum Gasteiger partial charge on any atom is -0.372 e. The molecule has 0 radical (unpaired) electrons. The summed E-state index contributed by atoms with van der Waals surface area (Å²) in [5.41, 5.74) is 9.74. The summed E-state index contributed by atoms with van der Waals surface area (Å²) in [5.74, 6) is 0.256. The molecule has 3 heterocycles. The summed E-state index contributed by atoms with van der Waals surface area (Å²) in [6.45, 7) is 2.65. The molecule has 7 nitrogen and oxygen atoms in total. The van der Waals surface area contributed by atoms with Crippen molar-refractivity contribution in [2.45, 2.75) is 19.3 Å². The van der Waals surface area contributed by atoms with E-state index in [0.29, 0.717) is 17.9 Å². The van der Waals surface area contributed by atoms with Crippen molar-refractivity contribution in [1.82, 2.24) is 15.0 Å². The number of hydrogen-bond acceptors (Lipinski definition) is 6. The Morgan fingerprint density at radius 1 is 1.11 bits per heavy atom. The van der Waals surface area contributed by atoms with E-state index in [0.717, 1.165) is 29.9 Å². The van der Waals surface area contributed by atoms with Crippen LogP contribution in [0.4, 0.5) is 11.5 Å². The molecule has 4 rings (SSSR count). The molecule has 2 aromatic heterocycles. The van der Waals surface area contributed by atoms with Crippen LogP contribution in [0.5, 0.6) is 0 Å². The number of pyridine rings is 1. The first-order valence-electron chi connectivity index (χ1n) is 9.20. The molecule has 0 atom stereocenters. The van der Waals surface area contributed by atoms with Crippen molar-refractivity contribution >= 4 is 28.4 Å². The van der Waals surface area contributed by atoms with Gasteiger partial charge in [0.15, 0.2) is 5.82 Å². The molecule has 3 N–H and O–H groups in total. The number of hydrogen-bond donors (Lipinski definition) is 2. The van der Waals surface area contributed by atoms with Crippen LogP contribution in [0.25, 0.3) is 22.3 Å². The molecule has 0 bridgehead atoms. The van der Waals surface area contributed by atoms with Crippen molar-refractivity contribution in [2.75, 3.05) is 29.9 Å². The quantitative estimate of drug-likeness (QED) is 0.699. The van der Waals surface area contributed by atoms with E-state index in [2.05, 4.69) is 44.5 Å². The third kappa shape index (κ3) is 3.81. The van der Waals surface area contributed by atoms with E-state index in [-0.39, 0.29) is 12.3 Å². The van der Waals surface area contributed by atoms with E-state index < -0.39 is 0 Å². The number of anilines is 2. The number of carbonyl (C=O) groups excluding carboxylic acids is 1. The van der Waals surface area contributed by atoms with Gasteiger partial charge in [-0.2, -0.15) is 0 Å². The normalized spacial score (nSPS) is 13.9. The number of benzene rings is 1. The third-order valence-corrected chi connectivity index (χ3v) is 4.75. The molecule has 1 saturated heterocycles. The highest BCUT2D eigenvalue weighted by Crippen LogP contribution is 2.28. The summed E-state index contributed by atoms with van der Waals surface area (Å²) < 4.78 is 0. The summed E-state index contributed by atoms with van der Waals surface area (Å²) in [4.78, 5) is 26.9. The number of aromatic nitrogens is 3. The second-order valence-electron chi connectivity index (χ2n) is 6.66. The lowest BCUT2D eigenvalue weighted by Gasteiger charge is -2.17. The summed E-state index contributed by atoms with van der Waals surface area (Å²) >= 11 is 0. The molecule has 0 aliphatic carbocycles. The lowest BCUT2D eigenvalue weighted by molar-refractivity contribution is -0.117. The molecule has 0 unspecified atom stereocenters. The average Bonchev–Trinajstić information content (AvgIpc) is 3.22. The van der Waals surface area contributed by atoms with Crippen molar-refractivity contribution in [3.05, 3.63) is 42.7 Å². The molecule has 138 valence electrons. The minimum absolute atomic E-state index is 0.234. The SMILES string of the molecule is NC(=O)CCNc1nc(-c2ccc(N3CCCC3)cc2)cc2nccnc12. The maximum absolute atomic E-state index is 11.0. The Morgan fingerprint density at radius 3 is 2.59 bits per heavy atom. The highest BCUT2D eigenvalue weighted by atomic mass is 16.1. The van der Waals surface area contributed by atoms with Gasteiger partial charge >= 0.3 is 0 Å². The number of rotatable bonds is 6. The van der Waals surface area contributed by atoms with Crippen LogP contribution in [0.1, 0.15) is 19.3 Å². The summed E-state index contributed by atoms with van der Waals surface area (Å²) in [6, 6.07) is 10.4. The number of carbonyl (C=O) groups is 1. The highest BCUT2D eigenvalue weighted by Gasteiger charge is 2.13. The molecule has 0 saturated carbocycles. The Kier molecular flexibility index (Phi) is 4.82. The van der Waals surface area contributed by atoms with Crippen LogP contribution in [0.3, 0.4) is 0 Å². The average molecular weight is 362 g/mol. The number of primary amides is 1. The van der Waals surface area contributed by atoms with Gasteiger partial charge in [0.05, 0.1) is 11.2 Å². The molecule has 27 heavy (non-hydrogen) atoms. The van der Waals surface area contributed by atoms with Crippen LogP contribution in [-0.4, -0.2) is 40.5 Å². The lowest BCUT2D eigenvalue weighted by atomic mass is 10.1. The second-order valence-corrected chi connectivity index (χ2v) is 6.66. The van der Waals surface area contributed by atoms with Gasteiger partial charge in [-0.25, -0.2) is 9.97 Å². The molecule has 1 aromatic carbocycles. The highest BCUT2D eigenvalue weighted by molar-refractivity contribution is 5.88. The number of fused-ring (bicyclic) bond motifs is 1. The number of nitrogens with zero attached hydrogens (tertiary/aromatic N) is 4. The molecule has 1 aliphatic rings. The second kappa shape index (κ2) is 7.57. The fourth-order valence-electron chi connectivity index (χ4n) is 3.37. The number of nitrogens with one attached hydrogen (secondary N) is 1. The zero-order valence-electron chi connectivity index (χ0n) is 15.1. The van der Waals surface area contributed by atoms with Crippen LogP contribution in [0.2, 0.25) is 0 Å². The number of nitrogens with two attached hydrogens (primary N) is 1. The first kappa shape index (κ1) is 17.2. The Hall–Kier alpha value is -3.22. The molecule has 7 heteroatoms. The largest absolute Gasteiger partial charge is 0.372 e. The minimum atomic E-state index is -0.355. The van der Waals surface area contributed by atoms with Gasteiger partial charge in [-0.1, -0.05) is 12.1 Å². The van der Waals surface area contributed by atoms with Crippen molar-refractivity contribution in [1.29, 1.82) is 0 Å². The summed E-state index contributed by atoms with van der Waals surface area (Å²) in [5, 5.41) is 3.16. The molecular formula is C20H22N6O. The van der Waals surface area contributed by atoms with Crippen molar-refractivity contribution < 1.29 is 4.79 Å². The first-order valence-corrected chi connectivity index (χ1v) is 9.20. The standard InChI is InChI=1S/C20H22N6O/c21-18(27)7-8-24-20-19-17(22-9-10-23-19)13-16(25-20)14-3-5-15(6-4-14)26-11-1-2-12-26/h3-6,9-10,13H,1-2,7-8,11-12H2,(H2,21,27)(H,24,25). The van der Waals surface area contributed by atoms with Gasteiger partial charge in [0, 0.05) is 49.7 Å². The smallest absolute Gasteiger partial charge is 0.219 e. The number of amides is 1. The fraction of sp³-hybridized carbons (Fsp3) is 0.300. The Morgan fingerprint density at radius 2 is 1.85 bits per heavy atom. The Labute approximate surface area is 157 Å². The van der Waals surface area contributed by atoms with E-state index in [1.54, 1.807) is 12.4 Å². The Bertz CT molecular complexity index is 950. The van der Waals surface area contributed by atoms with Gasteiger partial charge in [-0.05, 0) is 31.0 Å². The zero-order valence-corrected chi connectivity index (χ0v) is 15.1. The van der Waals surface area contributed by atoms with Gasteiger partial charge < -0.3 is 16.0 Å². The van der Waals surface area contributed by atoms with Crippen molar-refractivity contribution in [3.8, 4) is 11.3 Å². The predicted octanol–water partition coefficient (Wildman–Crippen LogP) is 2.58. The Balaban J connectivity index is 1.65. The fourth-order valence-corrected chi connectivity index (χ4v) is 3.37. The molecule has 3 aromatic rings. The molecule has 1 amide bonds. The molecule has 1 aliphatic heterocycles. The predicted molar refractivity (Wildman–Crippen MR) is 107 cm³/mol. The van der Waals surface area contributed by atoms with Gasteiger partial charge in [-0.3, -0.25) is 9.78 Å². The van der Waals surface area contributed by atoms with E-state index in [4.69, 9.17) is 10.7 Å². The molecule has 1 fully saturated rings. The van der Waals surface area contributed by atoms with Gasteiger partial charge in [0.25, 0.3) is 0 Å². The maximum atomic E-state index is 11.0. The van der Waals surface area contributed by atoms with Crippen LogP contribution in [0.15, 0.2) is 42.7 Å². The van der Waals surface area contributed by atoms with Crippen LogP contribution < -0.4 is 16.0 Å². The van der Waals surface area contributed by atoms with Crippen molar-refractivity contribution in [3.63, 3.8) is 0 Å². The van der Waals surface area contributed by atoms with E-state index >= 15 is 0 Å². The van der Waals surface area contributed by atoms with E-state index in [1.165, 1.54) is 18.5 Å². The topological polar surface area (TPSA) is 97.0 Å². The van der Waals surface area contributed by atoms with Crippen LogP contribution in [-0.2, 0) is 4.79 Å². The summed E-state index contributed by atoms with van der Waals surface area (Å²) in [6.07, 6.45) is 6.04. The van der Waals surface area contributed by atoms with E-state index in [1.807, 2.05) is 6.07 Å². The van der Waals surface area contributed by atoms with Gasteiger partial charge in [-0.15, -0.1) is 0 Å². The monoisotopic (exact) mass is 362 g/mol. The third-order valence-electron chi connectivity index (χ3n) is 4.75. The lowest BCUT2D eigenvalue weighted by Crippen LogP contribution is -2.17. The summed E-state index contributed by atoms with van der Waals surface area (Å²) in [7, 11) is 0. The zero-order chi connectivity index (χ0) is 18.6. The van der Waals surface area contributed by atoms with Crippen LogP contribution >= 0.6 is 0 Å². The van der Waals surface area contributed by atoms with Gasteiger partial charge in [0.1, 0.15) is 5.52 Å². The molecular weight excluding hydrogens is 340 g/mol. The van der Waals surface area contributed by atoms with Crippen LogP contribution in [0, 0.1) is 0 Å². The maximum Gasteiger partial charge on any atom is 0.219 e.